The van der Waals surface area contributed by atoms with E-state index >= 15 is 4.39 Å². The van der Waals surface area contributed by atoms with E-state index in [2.05, 4.69) is 6.92 Å². The zero-order valence-corrected chi connectivity index (χ0v) is 17.2. The quantitative estimate of drug-likeness (QED) is 0.721. The summed E-state index contributed by atoms with van der Waals surface area (Å²) in [6.45, 7) is 2.71. The van der Waals surface area contributed by atoms with Crippen LogP contribution in [-0.4, -0.2) is 23.7 Å². The molecule has 1 N–H and O–H groups in total. The standard InChI is InChI=1S/C24H24F3NO3/c1-12-6-14(7-12)31-15-8-20(25)23(27)21(9-15)28-5-4-16-13(11-28)2-3-17(22(16)26)18-10-19(18)24(29)30/h2-3,8-9,12,14,18-19H,4-7,10-11H2,1H3,(H,29,30). The number of nitrogens with zero attached hydrogens (tertiary/aromatic N) is 1. The van der Waals surface area contributed by atoms with Crippen LogP contribution in [0.25, 0.3) is 0 Å². The summed E-state index contributed by atoms with van der Waals surface area (Å²) >= 11 is 0. The van der Waals surface area contributed by atoms with Gasteiger partial charge in [-0.3, -0.25) is 4.79 Å². The molecule has 2 aromatic rings. The summed E-state index contributed by atoms with van der Waals surface area (Å²) in [7, 11) is 0. The van der Waals surface area contributed by atoms with E-state index < -0.39 is 23.5 Å². The third-order valence-corrected chi connectivity index (χ3v) is 6.83. The van der Waals surface area contributed by atoms with Gasteiger partial charge in [0.2, 0.25) is 0 Å². The van der Waals surface area contributed by atoms with Gasteiger partial charge in [-0.1, -0.05) is 19.1 Å². The molecule has 2 unspecified atom stereocenters. The summed E-state index contributed by atoms with van der Waals surface area (Å²) < 4.78 is 49.8. The number of carboxylic acids is 1. The van der Waals surface area contributed by atoms with E-state index in [-0.39, 0.29) is 30.1 Å². The Bertz CT molecular complexity index is 1050. The van der Waals surface area contributed by atoms with Crippen LogP contribution < -0.4 is 9.64 Å². The van der Waals surface area contributed by atoms with Gasteiger partial charge >= 0.3 is 5.97 Å². The highest BCUT2D eigenvalue weighted by atomic mass is 19.2. The molecule has 2 aliphatic carbocycles. The predicted octanol–water partition coefficient (Wildman–Crippen LogP) is 5.03. The lowest BCUT2D eigenvalue weighted by Gasteiger charge is -2.34. The summed E-state index contributed by atoms with van der Waals surface area (Å²) in [5.41, 5.74) is 1.81. The Morgan fingerprint density at radius 1 is 1.13 bits per heavy atom. The summed E-state index contributed by atoms with van der Waals surface area (Å²) in [5.74, 6) is -3.06. The molecule has 164 valence electrons. The number of anilines is 1. The number of aliphatic carboxylic acids is 1. The average molecular weight is 431 g/mol. The van der Waals surface area contributed by atoms with Gasteiger partial charge in [-0.05, 0) is 48.3 Å². The van der Waals surface area contributed by atoms with Crippen molar-refractivity contribution in [1.29, 1.82) is 0 Å². The third kappa shape index (κ3) is 3.64. The minimum absolute atomic E-state index is 0.0272. The van der Waals surface area contributed by atoms with Crippen molar-refractivity contribution in [3.8, 4) is 5.75 Å². The first-order valence-electron chi connectivity index (χ1n) is 10.8. The number of hydrogen-bond acceptors (Lipinski definition) is 3. The van der Waals surface area contributed by atoms with Crippen molar-refractivity contribution in [3.05, 3.63) is 58.4 Å². The molecule has 0 radical (unpaired) electrons. The SMILES string of the molecule is CC1CC(Oc2cc(F)c(F)c(N3CCc4c(ccc(C5CC5C(=O)O)c4F)C3)c2)C1. The van der Waals surface area contributed by atoms with E-state index in [0.29, 0.717) is 47.7 Å². The molecule has 0 bridgehead atoms. The second kappa shape index (κ2) is 7.46. The van der Waals surface area contributed by atoms with Crippen molar-refractivity contribution in [2.45, 2.75) is 51.2 Å². The van der Waals surface area contributed by atoms with Gasteiger partial charge in [-0.15, -0.1) is 0 Å². The maximum atomic E-state index is 15.1. The van der Waals surface area contributed by atoms with Crippen LogP contribution in [0.2, 0.25) is 0 Å². The van der Waals surface area contributed by atoms with Crippen LogP contribution in [0.5, 0.6) is 5.75 Å². The summed E-state index contributed by atoms with van der Waals surface area (Å²) in [4.78, 5) is 12.8. The van der Waals surface area contributed by atoms with Crippen molar-refractivity contribution in [1.82, 2.24) is 0 Å². The first-order chi connectivity index (χ1) is 14.8. The van der Waals surface area contributed by atoms with Gasteiger partial charge in [-0.25, -0.2) is 13.2 Å². The van der Waals surface area contributed by atoms with Gasteiger partial charge in [-0.2, -0.15) is 0 Å². The number of benzene rings is 2. The van der Waals surface area contributed by atoms with Gasteiger partial charge in [0, 0.05) is 31.1 Å². The summed E-state index contributed by atoms with van der Waals surface area (Å²) in [6.07, 6.45) is 2.62. The third-order valence-electron chi connectivity index (χ3n) is 6.83. The van der Waals surface area contributed by atoms with E-state index in [4.69, 9.17) is 9.84 Å². The predicted molar refractivity (Wildman–Crippen MR) is 109 cm³/mol. The Balaban J connectivity index is 1.37. The largest absolute Gasteiger partial charge is 0.490 e. The topological polar surface area (TPSA) is 49.8 Å². The van der Waals surface area contributed by atoms with Crippen molar-refractivity contribution in [2.24, 2.45) is 11.8 Å². The minimum atomic E-state index is -0.958. The molecular formula is C24H24F3NO3. The van der Waals surface area contributed by atoms with Crippen molar-refractivity contribution < 1.29 is 27.8 Å². The Morgan fingerprint density at radius 3 is 2.58 bits per heavy atom. The average Bonchev–Trinajstić information content (AvgIpc) is 3.50. The number of hydrogen-bond donors (Lipinski definition) is 1. The molecule has 3 aliphatic rings. The molecule has 2 fully saturated rings. The Labute approximate surface area is 178 Å². The second-order valence-electron chi connectivity index (χ2n) is 9.12. The van der Waals surface area contributed by atoms with Gasteiger partial charge in [0.15, 0.2) is 11.6 Å². The highest BCUT2D eigenvalue weighted by Gasteiger charge is 2.46. The van der Waals surface area contributed by atoms with E-state index in [1.54, 1.807) is 17.0 Å². The summed E-state index contributed by atoms with van der Waals surface area (Å²) in [5, 5.41) is 9.13. The van der Waals surface area contributed by atoms with E-state index in [9.17, 15) is 13.6 Å². The molecule has 7 heteroatoms. The number of rotatable bonds is 5. The molecular weight excluding hydrogens is 407 g/mol. The number of carbonyl (C=O) groups is 1. The number of halogens is 3. The van der Waals surface area contributed by atoms with Crippen LogP contribution in [0.4, 0.5) is 18.9 Å². The smallest absolute Gasteiger partial charge is 0.307 e. The van der Waals surface area contributed by atoms with Crippen LogP contribution in [0, 0.1) is 29.3 Å². The molecule has 0 saturated heterocycles. The molecule has 2 saturated carbocycles. The first-order valence-corrected chi connectivity index (χ1v) is 10.8. The highest BCUT2D eigenvalue weighted by Crippen LogP contribution is 2.49. The van der Waals surface area contributed by atoms with Crippen LogP contribution in [-0.2, 0) is 17.8 Å². The molecule has 0 spiro atoms. The zero-order chi connectivity index (χ0) is 21.9. The van der Waals surface area contributed by atoms with Crippen molar-refractivity contribution in [2.75, 3.05) is 11.4 Å². The fourth-order valence-corrected chi connectivity index (χ4v) is 4.90. The Kier molecular flexibility index (Phi) is 4.87. The fourth-order valence-electron chi connectivity index (χ4n) is 4.90. The molecule has 1 aliphatic heterocycles. The van der Waals surface area contributed by atoms with Gasteiger partial charge < -0.3 is 14.7 Å². The minimum Gasteiger partial charge on any atom is -0.490 e. The fraction of sp³-hybridized carbons (Fsp3) is 0.458. The van der Waals surface area contributed by atoms with Crippen LogP contribution in [0.3, 0.4) is 0 Å². The van der Waals surface area contributed by atoms with Crippen LogP contribution in [0.15, 0.2) is 24.3 Å². The maximum absolute atomic E-state index is 15.1. The van der Waals surface area contributed by atoms with Crippen molar-refractivity contribution in [3.63, 3.8) is 0 Å². The van der Waals surface area contributed by atoms with Gasteiger partial charge in [0.05, 0.1) is 17.7 Å². The molecule has 0 aromatic heterocycles. The highest BCUT2D eigenvalue weighted by molar-refractivity contribution is 5.75. The second-order valence-corrected chi connectivity index (χ2v) is 9.12. The lowest BCUT2D eigenvalue weighted by molar-refractivity contribution is -0.138. The molecule has 5 rings (SSSR count). The lowest BCUT2D eigenvalue weighted by Crippen LogP contribution is -2.33. The van der Waals surface area contributed by atoms with E-state index in [0.717, 1.165) is 18.9 Å². The van der Waals surface area contributed by atoms with Gasteiger partial charge in [0.25, 0.3) is 0 Å². The zero-order valence-electron chi connectivity index (χ0n) is 17.2. The Hall–Kier alpha value is -2.70. The number of fused-ring (bicyclic) bond motifs is 1. The summed E-state index contributed by atoms with van der Waals surface area (Å²) in [6, 6.07) is 6.03. The number of carboxylic acid groups (broad SMARTS) is 1. The van der Waals surface area contributed by atoms with E-state index in [1.165, 1.54) is 6.07 Å². The lowest BCUT2D eigenvalue weighted by atomic mass is 9.84. The molecule has 31 heavy (non-hydrogen) atoms. The maximum Gasteiger partial charge on any atom is 0.307 e. The molecule has 2 atom stereocenters. The normalized spacial score (nSPS) is 26.8. The van der Waals surface area contributed by atoms with E-state index in [1.807, 2.05) is 0 Å². The van der Waals surface area contributed by atoms with Crippen LogP contribution >= 0.6 is 0 Å². The molecule has 4 nitrogen and oxygen atoms in total. The monoisotopic (exact) mass is 431 g/mol. The Morgan fingerprint density at radius 2 is 1.90 bits per heavy atom. The number of ether oxygens (including phenoxy) is 1. The molecule has 1 heterocycles. The van der Waals surface area contributed by atoms with Gasteiger partial charge in [0.1, 0.15) is 11.6 Å². The molecule has 2 aromatic carbocycles. The van der Waals surface area contributed by atoms with Crippen molar-refractivity contribution >= 4 is 11.7 Å². The molecule has 0 amide bonds. The van der Waals surface area contributed by atoms with Crippen LogP contribution in [0.1, 0.15) is 48.8 Å². The first kappa shape index (κ1) is 20.2.